The van der Waals surface area contributed by atoms with E-state index in [0.717, 1.165) is 50.5 Å². The van der Waals surface area contributed by atoms with Gasteiger partial charge in [0.25, 0.3) is 0 Å². The number of nitrogens with zero attached hydrogens (tertiary/aromatic N) is 2. The Morgan fingerprint density at radius 2 is 1.77 bits per heavy atom. The zero-order valence-electron chi connectivity index (χ0n) is 23.0. The van der Waals surface area contributed by atoms with E-state index < -0.39 is 11.7 Å². The quantitative estimate of drug-likeness (QED) is 0.494. The number of likely N-dealkylation sites (tertiary alicyclic amines) is 1. The van der Waals surface area contributed by atoms with Crippen LogP contribution in [0.2, 0.25) is 0 Å². The summed E-state index contributed by atoms with van der Waals surface area (Å²) in [6.07, 6.45) is 8.29. The van der Waals surface area contributed by atoms with Crippen LogP contribution in [0.4, 0.5) is 5.69 Å². The second kappa shape index (κ2) is 8.02. The fourth-order valence-electron chi connectivity index (χ4n) is 10.1. The maximum Gasteiger partial charge on any atom is 0.226 e. The summed E-state index contributed by atoms with van der Waals surface area (Å²) in [4.78, 5) is 19.1. The Bertz CT molecular complexity index is 1390. The van der Waals surface area contributed by atoms with Crippen molar-refractivity contribution in [1.29, 1.82) is 0 Å². The van der Waals surface area contributed by atoms with Crippen molar-refractivity contribution in [2.24, 2.45) is 11.8 Å². The van der Waals surface area contributed by atoms with Gasteiger partial charge in [0.05, 0.1) is 17.0 Å². The van der Waals surface area contributed by atoms with Gasteiger partial charge >= 0.3 is 0 Å². The summed E-state index contributed by atoms with van der Waals surface area (Å²) in [7, 11) is 0. The number of phenolic OH excluding ortho intramolecular Hbond substituents is 1. The van der Waals surface area contributed by atoms with Crippen molar-refractivity contribution in [3.63, 3.8) is 0 Å². The molecular weight excluding hydrogens is 502 g/mol. The van der Waals surface area contributed by atoms with E-state index >= 15 is 0 Å². The standard InChI is InChI=1S/C33H39N3O4/c37-24-11-10-22-16-26-33-13-12-32(39,30-31(33,28(22)29(24)40-30)14-15-35(26)18-20-6-7-20)25(36(33)19-21-8-9-21)17-27(38)34-23-4-2-1-3-5-23/h1-5,10-11,20-21,25-26,30,37,39H,6-9,12-19H2,(H,34,38)/t25-,26-,30-,31-,32-,33-/m1/s1. The number of para-hydroxylation sites is 1. The van der Waals surface area contributed by atoms with Crippen LogP contribution in [-0.2, 0) is 16.6 Å². The zero-order valence-corrected chi connectivity index (χ0v) is 23.0. The lowest BCUT2D eigenvalue weighted by molar-refractivity contribution is -0.293. The molecule has 10 rings (SSSR count). The fraction of sp³-hybridized carbons (Fsp3) is 0.606. The van der Waals surface area contributed by atoms with Gasteiger partial charge < -0.3 is 20.3 Å². The largest absolute Gasteiger partial charge is 0.504 e. The highest BCUT2D eigenvalue weighted by Gasteiger charge is 2.82. The molecule has 40 heavy (non-hydrogen) atoms. The number of ether oxygens (including phenoxy) is 1. The molecule has 4 aliphatic heterocycles. The first kappa shape index (κ1) is 24.0. The van der Waals surface area contributed by atoms with Crippen LogP contribution in [0, 0.1) is 11.8 Å². The Kier molecular flexibility index (Phi) is 4.82. The van der Waals surface area contributed by atoms with Gasteiger partial charge in [0.15, 0.2) is 11.5 Å². The molecule has 7 nitrogen and oxygen atoms in total. The smallest absolute Gasteiger partial charge is 0.226 e. The molecule has 6 fully saturated rings. The molecule has 2 aromatic rings. The lowest BCUT2D eigenvalue weighted by Crippen LogP contribution is -2.91. The number of hydrogen-bond donors (Lipinski definition) is 3. The summed E-state index contributed by atoms with van der Waals surface area (Å²) in [6, 6.07) is 13.5. The third-order valence-corrected chi connectivity index (χ3v) is 11.9. The van der Waals surface area contributed by atoms with E-state index in [4.69, 9.17) is 4.74 Å². The Morgan fingerprint density at radius 1 is 1.00 bits per heavy atom. The monoisotopic (exact) mass is 541 g/mol. The number of fused-ring (bicyclic) bond motifs is 2. The van der Waals surface area contributed by atoms with E-state index in [-0.39, 0.29) is 35.1 Å². The summed E-state index contributed by atoms with van der Waals surface area (Å²) in [6.45, 7) is 3.08. The lowest BCUT2D eigenvalue weighted by Gasteiger charge is -2.77. The maximum absolute atomic E-state index is 13.6. The van der Waals surface area contributed by atoms with E-state index in [1.807, 2.05) is 30.3 Å². The van der Waals surface area contributed by atoms with Gasteiger partial charge in [-0.1, -0.05) is 24.3 Å². The predicted molar refractivity (Wildman–Crippen MR) is 150 cm³/mol. The molecule has 6 atom stereocenters. The van der Waals surface area contributed by atoms with Gasteiger partial charge in [0.1, 0.15) is 11.7 Å². The molecule has 8 aliphatic rings. The summed E-state index contributed by atoms with van der Waals surface area (Å²) in [5.41, 5.74) is 1.48. The first-order valence-corrected chi connectivity index (χ1v) is 15.5. The molecule has 7 heteroatoms. The minimum absolute atomic E-state index is 0.0572. The number of carbonyl (C=O) groups excluding carboxylic acids is 1. The number of carbonyl (C=O) groups is 1. The van der Waals surface area contributed by atoms with Gasteiger partial charge in [-0.3, -0.25) is 14.6 Å². The Balaban J connectivity index is 1.20. The fourth-order valence-corrected chi connectivity index (χ4v) is 10.1. The Labute approximate surface area is 235 Å². The molecule has 1 amide bonds. The third kappa shape index (κ3) is 2.99. The molecule has 210 valence electrons. The first-order chi connectivity index (χ1) is 19.4. The van der Waals surface area contributed by atoms with Crippen molar-refractivity contribution < 1.29 is 19.7 Å². The number of aliphatic hydroxyl groups is 1. The molecule has 2 spiro atoms. The van der Waals surface area contributed by atoms with Crippen LogP contribution < -0.4 is 10.1 Å². The SMILES string of the molecule is O=C(C[C@H]1N(CC2CC2)[C@@]23CC[C@]1(O)[C@@H]1Oc4c(O)ccc5c4[C@]12CCN(CC1CC1)[C@@H]3C5)Nc1ccccc1. The molecular formula is C33H39N3O4. The van der Waals surface area contributed by atoms with Gasteiger partial charge in [-0.2, -0.15) is 0 Å². The molecule has 0 unspecified atom stereocenters. The number of aromatic hydroxyl groups is 1. The minimum Gasteiger partial charge on any atom is -0.504 e. The van der Waals surface area contributed by atoms with E-state index in [2.05, 4.69) is 21.2 Å². The number of nitrogens with one attached hydrogen (secondary N) is 1. The number of amides is 1. The average molecular weight is 542 g/mol. The molecule has 4 heterocycles. The lowest BCUT2D eigenvalue weighted by atomic mass is 9.40. The van der Waals surface area contributed by atoms with Gasteiger partial charge in [0.2, 0.25) is 5.91 Å². The van der Waals surface area contributed by atoms with Gasteiger partial charge in [0, 0.05) is 36.8 Å². The van der Waals surface area contributed by atoms with E-state index in [9.17, 15) is 15.0 Å². The summed E-state index contributed by atoms with van der Waals surface area (Å²) >= 11 is 0. The number of rotatable bonds is 7. The van der Waals surface area contributed by atoms with Gasteiger partial charge in [-0.15, -0.1) is 0 Å². The van der Waals surface area contributed by atoms with Crippen LogP contribution in [0.3, 0.4) is 0 Å². The topological polar surface area (TPSA) is 85.3 Å². The second-order valence-corrected chi connectivity index (χ2v) is 14.0. The van der Waals surface area contributed by atoms with Crippen molar-refractivity contribution in [3.8, 4) is 11.5 Å². The third-order valence-electron chi connectivity index (χ3n) is 11.9. The molecule has 3 saturated heterocycles. The number of piperidine rings is 3. The van der Waals surface area contributed by atoms with E-state index in [1.165, 1.54) is 36.8 Å². The highest BCUT2D eigenvalue weighted by molar-refractivity contribution is 5.91. The Morgan fingerprint density at radius 3 is 2.55 bits per heavy atom. The van der Waals surface area contributed by atoms with Crippen molar-refractivity contribution in [1.82, 2.24) is 9.80 Å². The van der Waals surface area contributed by atoms with Crippen LogP contribution in [0.5, 0.6) is 11.5 Å². The predicted octanol–water partition coefficient (Wildman–Crippen LogP) is 3.82. The highest BCUT2D eigenvalue weighted by atomic mass is 16.5. The molecule has 2 aromatic carbocycles. The summed E-state index contributed by atoms with van der Waals surface area (Å²) in [5.74, 6) is 2.15. The van der Waals surface area contributed by atoms with Crippen LogP contribution in [0.1, 0.15) is 62.5 Å². The molecule has 0 radical (unpaired) electrons. The summed E-state index contributed by atoms with van der Waals surface area (Å²) < 4.78 is 6.79. The van der Waals surface area contributed by atoms with Gasteiger partial charge in [-0.05, 0) is 93.5 Å². The number of anilines is 1. The maximum atomic E-state index is 13.6. The minimum atomic E-state index is -1.17. The van der Waals surface area contributed by atoms with Crippen molar-refractivity contribution >= 4 is 11.6 Å². The molecule has 4 bridgehead atoms. The summed E-state index contributed by atoms with van der Waals surface area (Å²) in [5, 5.41) is 27.0. The van der Waals surface area contributed by atoms with Gasteiger partial charge in [-0.25, -0.2) is 0 Å². The van der Waals surface area contributed by atoms with Crippen molar-refractivity contribution in [2.75, 3.05) is 25.0 Å². The highest BCUT2D eigenvalue weighted by Crippen LogP contribution is 2.72. The first-order valence-electron chi connectivity index (χ1n) is 15.5. The average Bonchev–Trinajstić information content (AvgIpc) is 3.88. The second-order valence-electron chi connectivity index (χ2n) is 14.0. The number of phenols is 1. The number of hydrogen-bond acceptors (Lipinski definition) is 6. The molecule has 4 aliphatic carbocycles. The zero-order chi connectivity index (χ0) is 26.9. The van der Waals surface area contributed by atoms with Crippen LogP contribution >= 0.6 is 0 Å². The van der Waals surface area contributed by atoms with Crippen LogP contribution in [0.25, 0.3) is 0 Å². The van der Waals surface area contributed by atoms with Crippen molar-refractivity contribution in [3.05, 3.63) is 53.6 Å². The van der Waals surface area contributed by atoms with Crippen LogP contribution in [0.15, 0.2) is 42.5 Å². The molecule has 3 saturated carbocycles. The molecule has 3 N–H and O–H groups in total. The number of benzene rings is 2. The Hall–Kier alpha value is -2.61. The van der Waals surface area contributed by atoms with E-state index in [1.54, 1.807) is 6.07 Å². The van der Waals surface area contributed by atoms with E-state index in [0.29, 0.717) is 24.1 Å². The van der Waals surface area contributed by atoms with Crippen molar-refractivity contribution in [2.45, 2.75) is 92.5 Å². The van der Waals surface area contributed by atoms with Crippen LogP contribution in [-0.4, -0.2) is 74.9 Å². The normalized spacial score (nSPS) is 39.1. The molecule has 0 aromatic heterocycles.